The molecule has 0 unspecified atom stereocenters. The zero-order chi connectivity index (χ0) is 25.5. The molecule has 1 N–H and O–H groups in total. The summed E-state index contributed by atoms with van der Waals surface area (Å²) in [5.41, 5.74) is 0.929. The van der Waals surface area contributed by atoms with Crippen LogP contribution in [0.4, 0.5) is 5.69 Å². The van der Waals surface area contributed by atoms with Crippen molar-refractivity contribution in [1.29, 1.82) is 0 Å². The molecule has 194 valence electrons. The first-order chi connectivity index (χ1) is 16.7. The van der Waals surface area contributed by atoms with Crippen LogP contribution in [0.25, 0.3) is 0 Å². The van der Waals surface area contributed by atoms with Crippen molar-refractivity contribution >= 4 is 23.4 Å². The number of rotatable bonds is 4. The first-order valence-corrected chi connectivity index (χ1v) is 12.1. The maximum Gasteiger partial charge on any atom is 0.257 e. The lowest BCUT2D eigenvalue weighted by Crippen LogP contribution is -2.52. The van der Waals surface area contributed by atoms with E-state index in [0.29, 0.717) is 49.8 Å². The van der Waals surface area contributed by atoms with Gasteiger partial charge in [-0.2, -0.15) is 0 Å². The molecule has 0 aromatic heterocycles. The third kappa shape index (κ3) is 7.16. The SMILES string of the molecule is CO[C@@H]1CN(C)C(=O)c2ccc(NC(C)=O)cc2OC[C@H](C)N(C(=O)CN2CCOCC2)C[C@H]1C. The molecule has 2 aliphatic rings. The number of likely N-dealkylation sites (N-methyl/N-ethyl adjacent to an activating group) is 1. The Kier molecular flexibility index (Phi) is 9.47. The molecule has 10 heteroatoms. The lowest BCUT2D eigenvalue weighted by atomic mass is 10.0. The minimum absolute atomic E-state index is 0.00706. The normalized spacial score (nSPS) is 24.6. The summed E-state index contributed by atoms with van der Waals surface area (Å²) in [4.78, 5) is 43.8. The Hall–Kier alpha value is -2.69. The van der Waals surface area contributed by atoms with Gasteiger partial charge in [-0.15, -0.1) is 0 Å². The molecule has 1 fully saturated rings. The van der Waals surface area contributed by atoms with Crippen molar-refractivity contribution in [2.45, 2.75) is 32.9 Å². The van der Waals surface area contributed by atoms with E-state index in [0.717, 1.165) is 13.1 Å². The van der Waals surface area contributed by atoms with E-state index >= 15 is 0 Å². The van der Waals surface area contributed by atoms with Crippen molar-refractivity contribution < 1.29 is 28.6 Å². The maximum atomic E-state index is 13.4. The Morgan fingerprint density at radius 2 is 1.89 bits per heavy atom. The average molecular weight is 491 g/mol. The third-order valence-electron chi connectivity index (χ3n) is 6.55. The Morgan fingerprint density at radius 1 is 1.17 bits per heavy atom. The molecule has 1 saturated heterocycles. The molecule has 1 aromatic rings. The van der Waals surface area contributed by atoms with Gasteiger partial charge >= 0.3 is 0 Å². The van der Waals surface area contributed by atoms with Gasteiger partial charge in [0.05, 0.1) is 37.5 Å². The van der Waals surface area contributed by atoms with Gasteiger partial charge in [-0.25, -0.2) is 0 Å². The number of nitrogens with zero attached hydrogens (tertiary/aromatic N) is 3. The number of nitrogens with one attached hydrogen (secondary N) is 1. The van der Waals surface area contributed by atoms with Crippen molar-refractivity contribution in [3.05, 3.63) is 23.8 Å². The molecule has 3 amide bonds. The molecule has 10 nitrogen and oxygen atoms in total. The van der Waals surface area contributed by atoms with Crippen molar-refractivity contribution in [3.63, 3.8) is 0 Å². The van der Waals surface area contributed by atoms with E-state index in [1.54, 1.807) is 37.3 Å². The molecular weight excluding hydrogens is 452 g/mol. The summed E-state index contributed by atoms with van der Waals surface area (Å²) >= 11 is 0. The van der Waals surface area contributed by atoms with Crippen molar-refractivity contribution in [2.24, 2.45) is 5.92 Å². The molecule has 0 aliphatic carbocycles. The number of morpholine rings is 1. The fourth-order valence-electron chi connectivity index (χ4n) is 4.44. The highest BCUT2D eigenvalue weighted by molar-refractivity contribution is 5.98. The van der Waals surface area contributed by atoms with Gasteiger partial charge in [0, 0.05) is 64.9 Å². The second kappa shape index (κ2) is 12.3. The lowest BCUT2D eigenvalue weighted by Gasteiger charge is -2.37. The molecule has 0 saturated carbocycles. The van der Waals surface area contributed by atoms with E-state index < -0.39 is 0 Å². The monoisotopic (exact) mass is 490 g/mol. The van der Waals surface area contributed by atoms with E-state index in [1.165, 1.54) is 6.92 Å². The summed E-state index contributed by atoms with van der Waals surface area (Å²) in [5.74, 6) is -0.0299. The molecule has 3 atom stereocenters. The highest BCUT2D eigenvalue weighted by Crippen LogP contribution is 2.27. The van der Waals surface area contributed by atoms with Gasteiger partial charge in [-0.1, -0.05) is 6.92 Å². The number of fused-ring (bicyclic) bond motifs is 1. The maximum absolute atomic E-state index is 13.4. The minimum Gasteiger partial charge on any atom is -0.491 e. The number of carbonyl (C=O) groups is 3. The van der Waals surface area contributed by atoms with Crippen LogP contribution < -0.4 is 10.1 Å². The first kappa shape index (κ1) is 26.9. The van der Waals surface area contributed by atoms with Gasteiger partial charge in [-0.3, -0.25) is 19.3 Å². The van der Waals surface area contributed by atoms with Crippen LogP contribution in [-0.4, -0.2) is 111 Å². The summed E-state index contributed by atoms with van der Waals surface area (Å²) in [6, 6.07) is 4.74. The molecule has 1 aromatic carbocycles. The molecule has 2 heterocycles. The number of amides is 3. The van der Waals surface area contributed by atoms with Gasteiger partial charge in [0.1, 0.15) is 12.4 Å². The fraction of sp³-hybridized carbons (Fsp3) is 0.640. The number of carbonyl (C=O) groups excluding carboxylic acids is 3. The van der Waals surface area contributed by atoms with Crippen molar-refractivity contribution in [2.75, 3.05) is 72.0 Å². The molecule has 0 bridgehead atoms. The highest BCUT2D eigenvalue weighted by Gasteiger charge is 2.31. The van der Waals surface area contributed by atoms with Crippen LogP contribution in [-0.2, 0) is 19.1 Å². The van der Waals surface area contributed by atoms with E-state index in [4.69, 9.17) is 14.2 Å². The van der Waals surface area contributed by atoms with Crippen LogP contribution in [0, 0.1) is 5.92 Å². The molecular formula is C25H38N4O6. The van der Waals surface area contributed by atoms with Gasteiger partial charge in [0.25, 0.3) is 5.91 Å². The van der Waals surface area contributed by atoms with Crippen LogP contribution in [0.15, 0.2) is 18.2 Å². The zero-order valence-corrected chi connectivity index (χ0v) is 21.4. The number of benzene rings is 1. The van der Waals surface area contributed by atoms with Crippen LogP contribution in [0.1, 0.15) is 31.1 Å². The second-order valence-electron chi connectivity index (χ2n) is 9.42. The Bertz CT molecular complexity index is 904. The molecule has 35 heavy (non-hydrogen) atoms. The number of hydrogen-bond acceptors (Lipinski definition) is 7. The number of methoxy groups -OCH3 is 1. The van der Waals surface area contributed by atoms with Crippen LogP contribution in [0.3, 0.4) is 0 Å². The summed E-state index contributed by atoms with van der Waals surface area (Å²) < 4.78 is 17.3. The van der Waals surface area contributed by atoms with Crippen molar-refractivity contribution in [1.82, 2.24) is 14.7 Å². The van der Waals surface area contributed by atoms with E-state index in [-0.39, 0.29) is 42.4 Å². The minimum atomic E-state index is -0.253. The fourth-order valence-corrected chi connectivity index (χ4v) is 4.44. The summed E-state index contributed by atoms with van der Waals surface area (Å²) in [5, 5.41) is 2.73. The Morgan fingerprint density at radius 3 is 2.54 bits per heavy atom. The Labute approximate surface area is 207 Å². The number of anilines is 1. The lowest BCUT2D eigenvalue weighted by molar-refractivity contribution is -0.137. The second-order valence-corrected chi connectivity index (χ2v) is 9.42. The number of hydrogen-bond donors (Lipinski definition) is 1. The Balaban J connectivity index is 1.90. The topological polar surface area (TPSA) is 101 Å². The first-order valence-electron chi connectivity index (χ1n) is 12.1. The van der Waals surface area contributed by atoms with Crippen LogP contribution in [0.5, 0.6) is 5.75 Å². The van der Waals surface area contributed by atoms with E-state index in [2.05, 4.69) is 10.2 Å². The smallest absolute Gasteiger partial charge is 0.257 e. The quantitative estimate of drug-likeness (QED) is 0.679. The van der Waals surface area contributed by atoms with E-state index in [1.807, 2.05) is 18.7 Å². The molecule has 3 rings (SSSR count). The molecule has 2 aliphatic heterocycles. The highest BCUT2D eigenvalue weighted by atomic mass is 16.5. The van der Waals surface area contributed by atoms with E-state index in [9.17, 15) is 14.4 Å². The van der Waals surface area contributed by atoms with Gasteiger partial charge in [0.15, 0.2) is 0 Å². The molecule has 0 radical (unpaired) electrons. The van der Waals surface area contributed by atoms with Gasteiger partial charge in [-0.05, 0) is 19.1 Å². The predicted octanol–water partition coefficient (Wildman–Crippen LogP) is 1.31. The standard InChI is InChI=1S/C25H38N4O6/c1-17-13-29(24(31)15-28-8-10-34-11-9-28)18(2)16-35-22-12-20(26-19(3)30)6-7-21(22)25(32)27(4)14-23(17)33-5/h6-7,12,17-18,23H,8-11,13-16H2,1-5H3,(H,26,30)/t17-,18+,23-/m1/s1. The van der Waals surface area contributed by atoms with Crippen LogP contribution >= 0.6 is 0 Å². The largest absolute Gasteiger partial charge is 0.491 e. The third-order valence-corrected chi connectivity index (χ3v) is 6.55. The average Bonchev–Trinajstić information content (AvgIpc) is 2.83. The number of ether oxygens (including phenoxy) is 3. The summed E-state index contributed by atoms with van der Waals surface area (Å²) in [7, 11) is 3.35. The van der Waals surface area contributed by atoms with Crippen molar-refractivity contribution in [3.8, 4) is 5.75 Å². The van der Waals surface area contributed by atoms with Gasteiger partial charge < -0.3 is 29.3 Å². The summed E-state index contributed by atoms with van der Waals surface area (Å²) in [6.07, 6.45) is -0.253. The zero-order valence-electron chi connectivity index (χ0n) is 21.4. The van der Waals surface area contributed by atoms with Crippen LogP contribution in [0.2, 0.25) is 0 Å². The predicted molar refractivity (Wildman–Crippen MR) is 132 cm³/mol. The van der Waals surface area contributed by atoms with Gasteiger partial charge in [0.2, 0.25) is 11.8 Å². The molecule has 0 spiro atoms. The summed E-state index contributed by atoms with van der Waals surface area (Å²) in [6.45, 7) is 9.48.